The molecule has 4 N–H and O–H groups in total. The number of ether oxygens (including phenoxy) is 1. The Labute approximate surface area is 161 Å². The van der Waals surface area contributed by atoms with Crippen LogP contribution in [-0.4, -0.2) is 25.5 Å². The molecule has 0 unspecified atom stereocenters. The smallest absolute Gasteiger partial charge is 0.324 e. The summed E-state index contributed by atoms with van der Waals surface area (Å²) >= 11 is 0. The van der Waals surface area contributed by atoms with Crippen LogP contribution < -0.4 is 16.2 Å². The lowest BCUT2D eigenvalue weighted by molar-refractivity contribution is 0.443. The van der Waals surface area contributed by atoms with Crippen molar-refractivity contribution in [2.24, 2.45) is 16.5 Å². The summed E-state index contributed by atoms with van der Waals surface area (Å²) in [5.74, 6) is 1.38. The fourth-order valence-electron chi connectivity index (χ4n) is 2.89. The predicted molar refractivity (Wildman–Crippen MR) is 108 cm³/mol. The molecule has 0 aliphatic carbocycles. The first-order chi connectivity index (χ1) is 13.6. The van der Waals surface area contributed by atoms with Gasteiger partial charge >= 0.3 is 6.01 Å². The molecule has 8 nitrogen and oxygen atoms in total. The van der Waals surface area contributed by atoms with Gasteiger partial charge in [0, 0.05) is 6.07 Å². The number of imidazole rings is 1. The van der Waals surface area contributed by atoms with Gasteiger partial charge in [0.15, 0.2) is 11.6 Å². The van der Waals surface area contributed by atoms with Crippen molar-refractivity contribution in [1.29, 1.82) is 0 Å². The zero-order valence-corrected chi connectivity index (χ0v) is 15.3. The zero-order chi connectivity index (χ0) is 19.5. The Kier molecular flexibility index (Phi) is 4.59. The molecule has 0 aliphatic heterocycles. The lowest BCUT2D eigenvalue weighted by Crippen LogP contribution is -2.21. The molecule has 0 spiro atoms. The molecule has 0 saturated heterocycles. The maximum atomic E-state index is 5.81. The van der Waals surface area contributed by atoms with Gasteiger partial charge in [-0.2, -0.15) is 4.98 Å². The molecule has 0 aliphatic rings. The molecular formula is C20H19N7O. The van der Waals surface area contributed by atoms with Gasteiger partial charge < -0.3 is 20.8 Å². The van der Waals surface area contributed by atoms with Gasteiger partial charge in [-0.25, -0.2) is 15.0 Å². The number of benzene rings is 2. The summed E-state index contributed by atoms with van der Waals surface area (Å²) in [6, 6.07) is 17.4. The topological polar surface area (TPSA) is 117 Å². The molecule has 2 aromatic heterocycles. The highest BCUT2D eigenvalue weighted by atomic mass is 16.5. The van der Waals surface area contributed by atoms with Crippen LogP contribution in [0, 0.1) is 6.92 Å². The lowest BCUT2D eigenvalue weighted by Gasteiger charge is -2.08. The second-order valence-corrected chi connectivity index (χ2v) is 6.23. The monoisotopic (exact) mass is 373 g/mol. The van der Waals surface area contributed by atoms with Gasteiger partial charge in [0.1, 0.15) is 17.1 Å². The molecule has 8 heteroatoms. The Hall–Kier alpha value is -3.94. The molecule has 0 atom stereocenters. The molecule has 0 saturated carbocycles. The summed E-state index contributed by atoms with van der Waals surface area (Å²) in [5, 5.41) is 0. The molecule has 0 bridgehead atoms. The number of hydrogen-bond acceptors (Lipinski definition) is 5. The van der Waals surface area contributed by atoms with Crippen molar-refractivity contribution in [1.82, 2.24) is 19.5 Å². The summed E-state index contributed by atoms with van der Waals surface area (Å²) in [7, 11) is 0. The molecule has 28 heavy (non-hydrogen) atoms. The fourth-order valence-corrected chi connectivity index (χ4v) is 2.89. The SMILES string of the molecule is Cc1nc2cnc(Oc3cccc(N=C(N)N)c3)nc2n1Cc1ccccc1. The lowest BCUT2D eigenvalue weighted by atomic mass is 10.2. The van der Waals surface area contributed by atoms with E-state index in [1.54, 1.807) is 30.5 Å². The summed E-state index contributed by atoms with van der Waals surface area (Å²) in [6.45, 7) is 2.61. The second-order valence-electron chi connectivity index (χ2n) is 6.23. The number of aromatic nitrogens is 4. The Balaban J connectivity index is 1.66. The van der Waals surface area contributed by atoms with Crippen LogP contribution in [0.25, 0.3) is 11.2 Å². The van der Waals surface area contributed by atoms with Crippen molar-refractivity contribution in [3.05, 3.63) is 72.2 Å². The molecule has 4 rings (SSSR count). The van der Waals surface area contributed by atoms with E-state index in [1.807, 2.05) is 29.7 Å². The maximum absolute atomic E-state index is 5.81. The van der Waals surface area contributed by atoms with Crippen molar-refractivity contribution >= 4 is 22.8 Å². The number of hydrogen-bond donors (Lipinski definition) is 2. The van der Waals surface area contributed by atoms with Gasteiger partial charge in [0.25, 0.3) is 0 Å². The van der Waals surface area contributed by atoms with Crippen LogP contribution in [0.15, 0.2) is 65.8 Å². The van der Waals surface area contributed by atoms with E-state index in [9.17, 15) is 0 Å². The average Bonchev–Trinajstić information content (AvgIpc) is 2.97. The van der Waals surface area contributed by atoms with Crippen LogP contribution in [0.2, 0.25) is 0 Å². The highest BCUT2D eigenvalue weighted by molar-refractivity contribution is 5.79. The summed E-state index contributed by atoms with van der Waals surface area (Å²) < 4.78 is 7.85. The number of nitrogens with zero attached hydrogens (tertiary/aromatic N) is 5. The third-order valence-electron chi connectivity index (χ3n) is 4.12. The average molecular weight is 373 g/mol. The minimum absolute atomic E-state index is 0.0184. The van der Waals surface area contributed by atoms with E-state index in [-0.39, 0.29) is 12.0 Å². The van der Waals surface area contributed by atoms with Gasteiger partial charge in [-0.15, -0.1) is 0 Å². The van der Waals surface area contributed by atoms with Crippen molar-refractivity contribution < 1.29 is 4.74 Å². The summed E-state index contributed by atoms with van der Waals surface area (Å²) in [6.07, 6.45) is 1.66. The number of nitrogens with two attached hydrogens (primary N) is 2. The van der Waals surface area contributed by atoms with Crippen molar-refractivity contribution in [2.75, 3.05) is 0 Å². The quantitative estimate of drug-likeness (QED) is 0.410. The van der Waals surface area contributed by atoms with E-state index in [1.165, 1.54) is 0 Å². The largest absolute Gasteiger partial charge is 0.424 e. The van der Waals surface area contributed by atoms with E-state index >= 15 is 0 Å². The minimum Gasteiger partial charge on any atom is -0.424 e. The van der Waals surface area contributed by atoms with E-state index in [0.717, 1.165) is 16.9 Å². The van der Waals surface area contributed by atoms with Crippen LogP contribution in [0.3, 0.4) is 0 Å². The molecule has 0 amide bonds. The summed E-state index contributed by atoms with van der Waals surface area (Å²) in [5.41, 5.74) is 14.0. The zero-order valence-electron chi connectivity index (χ0n) is 15.3. The van der Waals surface area contributed by atoms with Crippen molar-refractivity contribution in [3.63, 3.8) is 0 Å². The van der Waals surface area contributed by atoms with Gasteiger partial charge in [0.05, 0.1) is 18.4 Å². The number of aliphatic imine (C=N–C) groups is 1. The second kappa shape index (κ2) is 7.36. The molecule has 4 aromatic rings. The van der Waals surface area contributed by atoms with E-state index in [4.69, 9.17) is 16.2 Å². The Morgan fingerprint density at radius 1 is 1.07 bits per heavy atom. The molecule has 2 heterocycles. The molecule has 0 fully saturated rings. The number of guanidine groups is 1. The van der Waals surface area contributed by atoms with Gasteiger partial charge in [-0.05, 0) is 24.6 Å². The minimum atomic E-state index is -0.0184. The van der Waals surface area contributed by atoms with E-state index in [2.05, 4.69) is 32.1 Å². The number of fused-ring (bicyclic) bond motifs is 1. The fraction of sp³-hybridized carbons (Fsp3) is 0.100. The highest BCUT2D eigenvalue weighted by Gasteiger charge is 2.12. The molecular weight excluding hydrogens is 354 g/mol. The third kappa shape index (κ3) is 3.75. The van der Waals surface area contributed by atoms with E-state index < -0.39 is 0 Å². The maximum Gasteiger partial charge on any atom is 0.324 e. The first-order valence-electron chi connectivity index (χ1n) is 8.70. The Morgan fingerprint density at radius 2 is 1.89 bits per heavy atom. The van der Waals surface area contributed by atoms with Crippen LogP contribution in [0.4, 0.5) is 5.69 Å². The summed E-state index contributed by atoms with van der Waals surface area (Å²) in [4.78, 5) is 17.4. The standard InChI is InChI=1S/C20H19N7O/c1-13-24-17-11-23-20(28-16-9-5-8-15(10-16)25-19(21)22)26-18(17)27(13)12-14-6-3-2-4-7-14/h2-11H,12H2,1H3,(H4,21,22,25). The van der Waals surface area contributed by atoms with Crippen LogP contribution >= 0.6 is 0 Å². The highest BCUT2D eigenvalue weighted by Crippen LogP contribution is 2.25. The Morgan fingerprint density at radius 3 is 2.68 bits per heavy atom. The van der Waals surface area contributed by atoms with Gasteiger partial charge in [-0.1, -0.05) is 36.4 Å². The van der Waals surface area contributed by atoms with Crippen LogP contribution in [0.1, 0.15) is 11.4 Å². The predicted octanol–water partition coefficient (Wildman–Crippen LogP) is 2.88. The van der Waals surface area contributed by atoms with Crippen molar-refractivity contribution in [2.45, 2.75) is 13.5 Å². The first-order valence-corrected chi connectivity index (χ1v) is 8.70. The molecule has 140 valence electrons. The number of aryl methyl sites for hydroxylation is 1. The van der Waals surface area contributed by atoms with Gasteiger partial charge in [-0.3, -0.25) is 0 Å². The number of rotatable bonds is 5. The third-order valence-corrected chi connectivity index (χ3v) is 4.12. The van der Waals surface area contributed by atoms with Crippen molar-refractivity contribution in [3.8, 4) is 11.8 Å². The Bertz CT molecular complexity index is 1150. The van der Waals surface area contributed by atoms with E-state index in [0.29, 0.717) is 23.6 Å². The van der Waals surface area contributed by atoms with Crippen LogP contribution in [0.5, 0.6) is 11.8 Å². The molecule has 2 aromatic carbocycles. The first kappa shape index (κ1) is 17.5. The van der Waals surface area contributed by atoms with Gasteiger partial charge in [0.2, 0.25) is 0 Å². The van der Waals surface area contributed by atoms with Crippen LogP contribution in [-0.2, 0) is 6.54 Å². The molecule has 0 radical (unpaired) electrons. The normalized spacial score (nSPS) is 10.8.